The lowest BCUT2D eigenvalue weighted by molar-refractivity contribution is -0.375. The lowest BCUT2D eigenvalue weighted by Crippen LogP contribution is -2.66. The van der Waals surface area contributed by atoms with Gasteiger partial charge >= 0.3 is 0 Å². The van der Waals surface area contributed by atoms with Crippen molar-refractivity contribution in [1.82, 2.24) is 4.90 Å². The predicted molar refractivity (Wildman–Crippen MR) is 160 cm³/mol. The number of likely N-dealkylation sites (N-methyl/N-ethyl adjacent to an activating group) is 1. The van der Waals surface area contributed by atoms with Crippen LogP contribution in [0, 0.1) is 0 Å². The molecule has 0 spiro atoms. The third-order valence-corrected chi connectivity index (χ3v) is 8.70. The summed E-state index contributed by atoms with van der Waals surface area (Å²) < 4.78 is 77.8. The van der Waals surface area contributed by atoms with E-state index in [-0.39, 0.29) is 24.7 Å². The summed E-state index contributed by atoms with van der Waals surface area (Å²) in [6, 6.07) is -0.558. The van der Waals surface area contributed by atoms with E-state index in [1.807, 2.05) is 13.8 Å². The molecule has 2 aliphatic heterocycles. The number of ether oxygens (including phenoxy) is 13. The number of carbonyl (C=O) groups excluding carboxylic acids is 1. The Hall–Kier alpha value is -1.05. The van der Waals surface area contributed by atoms with Crippen LogP contribution in [0.1, 0.15) is 27.2 Å². The summed E-state index contributed by atoms with van der Waals surface area (Å²) >= 11 is 0. The largest absolute Gasteiger partial charge is 0.382 e. The van der Waals surface area contributed by atoms with Crippen LogP contribution in [-0.2, 0) is 66.4 Å². The van der Waals surface area contributed by atoms with Crippen molar-refractivity contribution in [3.8, 4) is 0 Å². The SMILES string of the molecule is CCC1OC(OC(C(OC)OC)C(OC)C(COC)N(C)C(C)=O)C(OC)C(OC)C1OC1OC(C)C(OC)C(OC)C1OC. The standard InChI is InChI=1S/C30H57NO14/c1-14-19-22(44-29-25(38-10)23(36-8)20(34-6)16(2)42-29)24(37-9)26(39-11)30(43-19)45-27(28(40-12)41-13)21(35-7)18(15-33-5)31(4)17(3)32/h16,18-30H,14-15H2,1-13H3. The molecule has 13 atom stereocenters. The molecular formula is C30H57NO14. The van der Waals surface area contributed by atoms with Crippen LogP contribution in [0.2, 0.25) is 0 Å². The third kappa shape index (κ3) is 9.31. The lowest BCUT2D eigenvalue weighted by Gasteiger charge is -2.50. The van der Waals surface area contributed by atoms with E-state index in [4.69, 9.17) is 61.6 Å². The van der Waals surface area contributed by atoms with Crippen molar-refractivity contribution in [1.29, 1.82) is 0 Å². The van der Waals surface area contributed by atoms with E-state index in [1.165, 1.54) is 40.3 Å². The van der Waals surface area contributed by atoms with Crippen molar-refractivity contribution in [2.75, 3.05) is 77.6 Å². The Labute approximate surface area is 268 Å². The maximum Gasteiger partial charge on any atom is 0.219 e. The summed E-state index contributed by atoms with van der Waals surface area (Å²) in [4.78, 5) is 13.9. The average Bonchev–Trinajstić information content (AvgIpc) is 3.04. The van der Waals surface area contributed by atoms with Gasteiger partial charge in [0.1, 0.15) is 48.8 Å². The molecule has 2 heterocycles. The summed E-state index contributed by atoms with van der Waals surface area (Å²) in [5.74, 6) is -0.181. The molecule has 0 saturated carbocycles. The van der Waals surface area contributed by atoms with Gasteiger partial charge in [0.05, 0.1) is 24.9 Å². The number of rotatable bonds is 19. The Kier molecular flexibility index (Phi) is 17.6. The van der Waals surface area contributed by atoms with E-state index < -0.39 is 73.7 Å². The number of hydrogen-bond acceptors (Lipinski definition) is 14. The molecule has 15 heteroatoms. The zero-order valence-corrected chi connectivity index (χ0v) is 29.2. The Morgan fingerprint density at radius 2 is 1.24 bits per heavy atom. The van der Waals surface area contributed by atoms with E-state index in [0.29, 0.717) is 6.42 Å². The molecule has 2 fully saturated rings. The van der Waals surface area contributed by atoms with E-state index in [2.05, 4.69) is 0 Å². The van der Waals surface area contributed by atoms with Gasteiger partial charge in [-0.3, -0.25) is 4.79 Å². The fraction of sp³-hybridized carbons (Fsp3) is 0.967. The minimum absolute atomic E-state index is 0.162. The monoisotopic (exact) mass is 655 g/mol. The predicted octanol–water partition coefficient (Wildman–Crippen LogP) is 0.839. The Bertz CT molecular complexity index is 836. The summed E-state index contributed by atoms with van der Waals surface area (Å²) in [5, 5.41) is 0. The summed E-state index contributed by atoms with van der Waals surface area (Å²) in [6.07, 6.45) is -8.26. The first-order valence-corrected chi connectivity index (χ1v) is 15.1. The molecule has 266 valence electrons. The van der Waals surface area contributed by atoms with Crippen molar-refractivity contribution < 1.29 is 66.4 Å². The normalized spacial score (nSPS) is 34.4. The minimum atomic E-state index is -0.986. The fourth-order valence-electron chi connectivity index (χ4n) is 6.23. The number of amides is 1. The zero-order valence-electron chi connectivity index (χ0n) is 29.2. The van der Waals surface area contributed by atoms with Crippen molar-refractivity contribution in [2.24, 2.45) is 0 Å². The van der Waals surface area contributed by atoms with Crippen molar-refractivity contribution in [3.63, 3.8) is 0 Å². The van der Waals surface area contributed by atoms with Crippen LogP contribution >= 0.6 is 0 Å². The molecule has 2 rings (SSSR count). The second-order valence-electron chi connectivity index (χ2n) is 11.1. The van der Waals surface area contributed by atoms with Gasteiger partial charge in [0.15, 0.2) is 18.9 Å². The van der Waals surface area contributed by atoms with Gasteiger partial charge in [0, 0.05) is 78.0 Å². The number of carbonyl (C=O) groups is 1. The van der Waals surface area contributed by atoms with Crippen LogP contribution < -0.4 is 0 Å². The van der Waals surface area contributed by atoms with Gasteiger partial charge in [0.25, 0.3) is 0 Å². The van der Waals surface area contributed by atoms with Crippen molar-refractivity contribution >= 4 is 5.91 Å². The first-order chi connectivity index (χ1) is 21.6. The van der Waals surface area contributed by atoms with Gasteiger partial charge in [-0.05, 0) is 13.3 Å². The highest BCUT2D eigenvalue weighted by Crippen LogP contribution is 2.35. The van der Waals surface area contributed by atoms with Crippen LogP contribution in [0.4, 0.5) is 0 Å². The molecule has 2 saturated heterocycles. The molecular weight excluding hydrogens is 598 g/mol. The molecule has 0 aromatic carbocycles. The van der Waals surface area contributed by atoms with E-state index in [9.17, 15) is 4.79 Å². The van der Waals surface area contributed by atoms with Gasteiger partial charge in [-0.15, -0.1) is 0 Å². The average molecular weight is 656 g/mol. The zero-order chi connectivity index (χ0) is 33.8. The number of hydrogen-bond donors (Lipinski definition) is 0. The topological polar surface area (TPSA) is 140 Å². The van der Waals surface area contributed by atoms with Crippen molar-refractivity contribution in [3.05, 3.63) is 0 Å². The minimum Gasteiger partial charge on any atom is -0.382 e. The van der Waals surface area contributed by atoms with Crippen molar-refractivity contribution in [2.45, 2.75) is 113 Å². The summed E-state index contributed by atoms with van der Waals surface area (Å²) in [6.45, 7) is 5.48. The quantitative estimate of drug-likeness (QED) is 0.182. The first-order valence-electron chi connectivity index (χ1n) is 15.1. The number of nitrogens with zero attached hydrogens (tertiary/aromatic N) is 1. The Morgan fingerprint density at radius 1 is 0.711 bits per heavy atom. The molecule has 45 heavy (non-hydrogen) atoms. The summed E-state index contributed by atoms with van der Waals surface area (Å²) in [5.41, 5.74) is 0. The highest BCUT2D eigenvalue weighted by atomic mass is 16.8. The van der Waals surface area contributed by atoms with Crippen LogP contribution in [0.5, 0.6) is 0 Å². The van der Waals surface area contributed by atoms with E-state index in [1.54, 1.807) is 42.6 Å². The molecule has 0 aromatic rings. The van der Waals surface area contributed by atoms with E-state index in [0.717, 1.165) is 0 Å². The highest BCUT2D eigenvalue weighted by molar-refractivity contribution is 5.73. The highest BCUT2D eigenvalue weighted by Gasteiger charge is 2.54. The smallest absolute Gasteiger partial charge is 0.219 e. The Morgan fingerprint density at radius 3 is 1.69 bits per heavy atom. The fourth-order valence-corrected chi connectivity index (χ4v) is 6.23. The molecule has 2 aliphatic rings. The Balaban J connectivity index is 2.45. The molecule has 0 radical (unpaired) electrons. The summed E-state index contributed by atoms with van der Waals surface area (Å²) in [7, 11) is 15.6. The second kappa shape index (κ2) is 19.7. The van der Waals surface area contributed by atoms with Crippen LogP contribution in [0.25, 0.3) is 0 Å². The molecule has 0 N–H and O–H groups in total. The van der Waals surface area contributed by atoms with E-state index >= 15 is 0 Å². The van der Waals surface area contributed by atoms with Gasteiger partial charge in [-0.25, -0.2) is 0 Å². The maximum absolute atomic E-state index is 12.4. The lowest BCUT2D eigenvalue weighted by atomic mass is 9.95. The molecule has 0 bridgehead atoms. The third-order valence-electron chi connectivity index (χ3n) is 8.70. The van der Waals surface area contributed by atoms with Gasteiger partial charge < -0.3 is 66.5 Å². The molecule has 1 amide bonds. The maximum atomic E-state index is 12.4. The first kappa shape index (κ1) is 40.1. The molecule has 13 unspecified atom stereocenters. The molecule has 15 nitrogen and oxygen atoms in total. The van der Waals surface area contributed by atoms with Crippen LogP contribution in [0.3, 0.4) is 0 Å². The van der Waals surface area contributed by atoms with Gasteiger partial charge in [-0.1, -0.05) is 6.92 Å². The van der Waals surface area contributed by atoms with Crippen LogP contribution in [-0.4, -0.2) is 174 Å². The molecule has 0 aromatic heterocycles. The number of methoxy groups -OCH3 is 9. The van der Waals surface area contributed by atoms with Gasteiger partial charge in [0.2, 0.25) is 5.91 Å². The van der Waals surface area contributed by atoms with Gasteiger partial charge in [-0.2, -0.15) is 0 Å². The van der Waals surface area contributed by atoms with Crippen LogP contribution in [0.15, 0.2) is 0 Å². The molecule has 0 aliphatic carbocycles. The second-order valence-corrected chi connectivity index (χ2v) is 11.1.